The minimum atomic E-state index is -0.238. The number of carbonyl (C=O) groups excluding carboxylic acids is 1. The number of hydrogen-bond donors (Lipinski definition) is 0. The molecule has 0 saturated heterocycles. The molecular formula is C22H23N3O2S. The minimum Gasteiger partial charge on any atom is -0.497 e. The summed E-state index contributed by atoms with van der Waals surface area (Å²) >= 11 is 1.48. The van der Waals surface area contributed by atoms with E-state index in [9.17, 15) is 4.79 Å². The largest absolute Gasteiger partial charge is 0.497 e. The van der Waals surface area contributed by atoms with Crippen LogP contribution in [0.3, 0.4) is 0 Å². The number of carbonyl (C=O) groups is 1. The van der Waals surface area contributed by atoms with Gasteiger partial charge in [-0.25, -0.2) is 4.98 Å². The lowest BCUT2D eigenvalue weighted by molar-refractivity contribution is -0.117. The zero-order valence-electron chi connectivity index (χ0n) is 16.0. The molecule has 5 nitrogen and oxygen atoms in total. The van der Waals surface area contributed by atoms with Crippen LogP contribution in [-0.2, 0) is 11.2 Å². The molecule has 0 saturated carbocycles. The summed E-state index contributed by atoms with van der Waals surface area (Å²) in [5.74, 6) is 0.911. The number of ether oxygens (including phenoxy) is 1. The fourth-order valence-electron chi connectivity index (χ4n) is 3.52. The lowest BCUT2D eigenvalue weighted by atomic mass is 10.0. The maximum Gasteiger partial charge on any atom is 0.240 e. The van der Waals surface area contributed by atoms with Gasteiger partial charge in [0.25, 0.3) is 0 Å². The zero-order valence-corrected chi connectivity index (χ0v) is 16.9. The first kappa shape index (κ1) is 18.6. The maximum atomic E-state index is 13.2. The highest BCUT2D eigenvalue weighted by molar-refractivity contribution is 8.00. The summed E-state index contributed by atoms with van der Waals surface area (Å²) in [5, 5.41) is 0.553. The Bertz CT molecular complexity index is 985. The maximum absolute atomic E-state index is 13.2. The average molecular weight is 394 g/mol. The van der Waals surface area contributed by atoms with E-state index >= 15 is 0 Å². The van der Waals surface area contributed by atoms with E-state index in [0.29, 0.717) is 0 Å². The number of anilines is 1. The lowest BCUT2D eigenvalue weighted by Gasteiger charge is -2.31. The molecule has 0 fully saturated rings. The molecule has 0 unspecified atom stereocenters. The number of para-hydroxylation sites is 1. The fourth-order valence-corrected chi connectivity index (χ4v) is 4.47. The Morgan fingerprint density at radius 2 is 2.07 bits per heavy atom. The summed E-state index contributed by atoms with van der Waals surface area (Å²) in [6.07, 6.45) is 5.69. The summed E-state index contributed by atoms with van der Waals surface area (Å²) < 4.78 is 7.31. The second-order valence-electron chi connectivity index (χ2n) is 6.76. The van der Waals surface area contributed by atoms with Gasteiger partial charge in [0, 0.05) is 30.7 Å². The fraction of sp³-hybridized carbons (Fsp3) is 0.273. The molecule has 0 N–H and O–H groups in total. The number of nitrogens with zero attached hydrogens (tertiary/aromatic N) is 3. The molecule has 0 aliphatic carbocycles. The number of benzene rings is 2. The van der Waals surface area contributed by atoms with Crippen molar-refractivity contribution < 1.29 is 9.53 Å². The number of fused-ring (bicyclic) bond motifs is 1. The van der Waals surface area contributed by atoms with Gasteiger partial charge in [0.2, 0.25) is 5.91 Å². The molecule has 1 atom stereocenters. The van der Waals surface area contributed by atoms with Crippen molar-refractivity contribution in [2.75, 3.05) is 18.6 Å². The smallest absolute Gasteiger partial charge is 0.240 e. The molecule has 4 rings (SSSR count). The summed E-state index contributed by atoms with van der Waals surface area (Å²) in [6, 6.07) is 16.0. The van der Waals surface area contributed by atoms with E-state index in [1.165, 1.54) is 17.3 Å². The first-order chi connectivity index (χ1) is 13.7. The number of hydrogen-bond acceptors (Lipinski definition) is 4. The van der Waals surface area contributed by atoms with Crippen molar-refractivity contribution in [1.82, 2.24) is 9.55 Å². The van der Waals surface area contributed by atoms with Gasteiger partial charge in [0.05, 0.1) is 18.0 Å². The van der Waals surface area contributed by atoms with Crippen molar-refractivity contribution >= 4 is 23.4 Å². The van der Waals surface area contributed by atoms with Gasteiger partial charge in [-0.15, -0.1) is 0 Å². The number of methoxy groups -OCH3 is 1. The van der Waals surface area contributed by atoms with Crippen LogP contribution in [0, 0.1) is 0 Å². The van der Waals surface area contributed by atoms with Crippen LogP contribution in [0.2, 0.25) is 0 Å². The van der Waals surface area contributed by atoms with E-state index in [1.807, 2.05) is 65.1 Å². The molecule has 1 aliphatic heterocycles. The Morgan fingerprint density at radius 1 is 1.21 bits per heavy atom. The van der Waals surface area contributed by atoms with Gasteiger partial charge in [0.15, 0.2) is 5.16 Å². The molecule has 2 aromatic carbocycles. The third kappa shape index (κ3) is 3.64. The number of aryl methyl sites for hydroxylation is 1. The van der Waals surface area contributed by atoms with Gasteiger partial charge in [-0.1, -0.05) is 36.0 Å². The second-order valence-corrected chi connectivity index (χ2v) is 8.07. The van der Waals surface area contributed by atoms with Crippen molar-refractivity contribution in [3.8, 4) is 11.4 Å². The first-order valence-corrected chi connectivity index (χ1v) is 10.3. The molecule has 2 heterocycles. The molecule has 28 heavy (non-hydrogen) atoms. The SMILES string of the molecule is COc1cccc(-n2ccnc2S[C@@H](C)C(=O)N2CCCc3ccccc32)c1. The highest BCUT2D eigenvalue weighted by Crippen LogP contribution is 2.31. The summed E-state index contributed by atoms with van der Waals surface area (Å²) in [5.41, 5.74) is 3.25. The Balaban J connectivity index is 1.54. The molecule has 1 amide bonds. The van der Waals surface area contributed by atoms with Crippen LogP contribution in [0.25, 0.3) is 5.69 Å². The monoisotopic (exact) mass is 393 g/mol. The Morgan fingerprint density at radius 3 is 2.93 bits per heavy atom. The zero-order chi connectivity index (χ0) is 19.5. The van der Waals surface area contributed by atoms with Crippen LogP contribution in [-0.4, -0.2) is 34.4 Å². The van der Waals surface area contributed by atoms with Crippen molar-refractivity contribution in [3.63, 3.8) is 0 Å². The number of amides is 1. The van der Waals surface area contributed by atoms with Gasteiger partial charge in [-0.05, 0) is 43.5 Å². The molecule has 0 spiro atoms. The van der Waals surface area contributed by atoms with Gasteiger partial charge in [-0.3, -0.25) is 9.36 Å². The molecule has 0 radical (unpaired) electrons. The number of aromatic nitrogens is 2. The number of rotatable bonds is 5. The molecule has 6 heteroatoms. The van der Waals surface area contributed by atoms with Crippen molar-refractivity contribution in [3.05, 3.63) is 66.5 Å². The first-order valence-electron chi connectivity index (χ1n) is 9.41. The van der Waals surface area contributed by atoms with E-state index in [-0.39, 0.29) is 11.2 Å². The van der Waals surface area contributed by atoms with Crippen LogP contribution in [0.5, 0.6) is 5.75 Å². The van der Waals surface area contributed by atoms with Crippen molar-refractivity contribution in [2.45, 2.75) is 30.2 Å². The van der Waals surface area contributed by atoms with E-state index in [2.05, 4.69) is 11.1 Å². The van der Waals surface area contributed by atoms with Crippen LogP contribution in [0.1, 0.15) is 18.9 Å². The van der Waals surface area contributed by atoms with Crippen LogP contribution < -0.4 is 9.64 Å². The lowest BCUT2D eigenvalue weighted by Crippen LogP contribution is -2.40. The summed E-state index contributed by atoms with van der Waals surface area (Å²) in [7, 11) is 1.65. The number of imidazole rings is 1. The van der Waals surface area contributed by atoms with Crippen LogP contribution in [0.4, 0.5) is 5.69 Å². The van der Waals surface area contributed by atoms with E-state index in [1.54, 1.807) is 13.3 Å². The Labute approximate surface area is 169 Å². The Hall–Kier alpha value is -2.73. The molecule has 1 aromatic heterocycles. The standard InChI is InChI=1S/C22H23N3O2S/c1-16(21(26)25-13-6-8-17-7-3-4-11-20(17)25)28-22-23-12-14-24(22)18-9-5-10-19(15-18)27-2/h3-5,7,9-12,14-16H,6,8,13H2,1-2H3/t16-/m0/s1. The van der Waals surface area contributed by atoms with Crippen LogP contribution >= 0.6 is 11.8 Å². The van der Waals surface area contributed by atoms with Gasteiger partial charge in [-0.2, -0.15) is 0 Å². The average Bonchev–Trinajstić information content (AvgIpc) is 3.21. The minimum absolute atomic E-state index is 0.123. The summed E-state index contributed by atoms with van der Waals surface area (Å²) in [4.78, 5) is 19.6. The normalized spacial score (nSPS) is 14.4. The summed E-state index contributed by atoms with van der Waals surface area (Å²) in [6.45, 7) is 2.72. The topological polar surface area (TPSA) is 47.4 Å². The molecular weight excluding hydrogens is 370 g/mol. The third-order valence-corrected chi connectivity index (χ3v) is 6.01. The van der Waals surface area contributed by atoms with Crippen molar-refractivity contribution in [2.24, 2.45) is 0 Å². The van der Waals surface area contributed by atoms with Crippen molar-refractivity contribution in [1.29, 1.82) is 0 Å². The highest BCUT2D eigenvalue weighted by atomic mass is 32.2. The second kappa shape index (κ2) is 8.10. The van der Waals surface area contributed by atoms with Gasteiger partial charge >= 0.3 is 0 Å². The van der Waals surface area contributed by atoms with E-state index in [4.69, 9.17) is 4.74 Å². The highest BCUT2D eigenvalue weighted by Gasteiger charge is 2.27. The molecule has 1 aliphatic rings. The van der Waals surface area contributed by atoms with E-state index < -0.39 is 0 Å². The van der Waals surface area contributed by atoms with Crippen LogP contribution in [0.15, 0.2) is 66.1 Å². The predicted molar refractivity (Wildman–Crippen MR) is 113 cm³/mol. The quantitative estimate of drug-likeness (QED) is 0.605. The van der Waals surface area contributed by atoms with E-state index in [0.717, 1.165) is 41.7 Å². The van der Waals surface area contributed by atoms with Gasteiger partial charge < -0.3 is 9.64 Å². The molecule has 0 bridgehead atoms. The molecule has 144 valence electrons. The Kier molecular flexibility index (Phi) is 5.39. The van der Waals surface area contributed by atoms with Gasteiger partial charge in [0.1, 0.15) is 5.75 Å². The molecule has 3 aromatic rings. The third-order valence-electron chi connectivity index (χ3n) is 4.94. The number of thioether (sulfide) groups is 1. The predicted octanol–water partition coefficient (Wildman–Crippen LogP) is 4.34.